The summed E-state index contributed by atoms with van der Waals surface area (Å²) in [5.74, 6) is 0. The summed E-state index contributed by atoms with van der Waals surface area (Å²) in [5, 5.41) is 6.37. The third-order valence-electron chi connectivity index (χ3n) is 1.40. The van der Waals surface area contributed by atoms with Gasteiger partial charge in [-0.15, -0.1) is 0 Å². The van der Waals surface area contributed by atoms with Crippen molar-refractivity contribution in [1.29, 1.82) is 0 Å². The van der Waals surface area contributed by atoms with Gasteiger partial charge in [-0.25, -0.2) is 0 Å². The largest absolute Gasteiger partial charge is 0.376 e. The third kappa shape index (κ3) is 2.30. The van der Waals surface area contributed by atoms with Crippen molar-refractivity contribution in [2.45, 2.75) is 13.0 Å². The van der Waals surface area contributed by atoms with Crippen molar-refractivity contribution in [2.24, 2.45) is 0 Å². The minimum Gasteiger partial charge on any atom is -0.376 e. The SMILES string of the molecule is CCOC1CNCNC1. The molecule has 3 heteroatoms. The van der Waals surface area contributed by atoms with Crippen LogP contribution in [0.25, 0.3) is 0 Å². The summed E-state index contributed by atoms with van der Waals surface area (Å²) in [6.07, 6.45) is 0.378. The van der Waals surface area contributed by atoms with Crippen LogP contribution in [-0.4, -0.2) is 32.5 Å². The predicted octanol–water partition coefficient (Wildman–Crippen LogP) is -0.458. The van der Waals surface area contributed by atoms with E-state index in [4.69, 9.17) is 4.74 Å². The van der Waals surface area contributed by atoms with Gasteiger partial charge in [-0.2, -0.15) is 0 Å². The Labute approximate surface area is 55.8 Å². The van der Waals surface area contributed by atoms with Gasteiger partial charge in [0.2, 0.25) is 0 Å². The van der Waals surface area contributed by atoms with Crippen LogP contribution in [0.4, 0.5) is 0 Å². The first kappa shape index (κ1) is 6.99. The van der Waals surface area contributed by atoms with E-state index in [-0.39, 0.29) is 0 Å². The monoisotopic (exact) mass is 130 g/mol. The van der Waals surface area contributed by atoms with Crippen molar-refractivity contribution in [2.75, 3.05) is 26.4 Å². The van der Waals surface area contributed by atoms with Crippen LogP contribution in [0.15, 0.2) is 0 Å². The van der Waals surface area contributed by atoms with Crippen molar-refractivity contribution in [3.05, 3.63) is 0 Å². The zero-order valence-corrected chi connectivity index (χ0v) is 5.81. The van der Waals surface area contributed by atoms with E-state index in [1.165, 1.54) is 0 Å². The molecule has 3 nitrogen and oxygen atoms in total. The molecule has 0 aromatic rings. The molecule has 0 spiro atoms. The Kier molecular flexibility index (Phi) is 2.97. The first-order valence-corrected chi connectivity index (χ1v) is 3.46. The third-order valence-corrected chi connectivity index (χ3v) is 1.40. The van der Waals surface area contributed by atoms with Crippen molar-refractivity contribution >= 4 is 0 Å². The molecule has 0 aromatic heterocycles. The van der Waals surface area contributed by atoms with Gasteiger partial charge in [0.1, 0.15) is 0 Å². The molecule has 0 amide bonds. The average Bonchev–Trinajstić information content (AvgIpc) is 1.91. The van der Waals surface area contributed by atoms with Crippen LogP contribution >= 0.6 is 0 Å². The van der Waals surface area contributed by atoms with E-state index in [1.807, 2.05) is 6.92 Å². The molecule has 54 valence electrons. The number of nitrogens with one attached hydrogen (secondary N) is 2. The highest BCUT2D eigenvalue weighted by molar-refractivity contribution is 4.68. The summed E-state index contributed by atoms with van der Waals surface area (Å²) in [4.78, 5) is 0. The molecule has 0 unspecified atom stereocenters. The molecule has 1 aliphatic heterocycles. The predicted molar refractivity (Wildman–Crippen MR) is 36.3 cm³/mol. The van der Waals surface area contributed by atoms with E-state index in [2.05, 4.69) is 10.6 Å². The van der Waals surface area contributed by atoms with Crippen LogP contribution in [0.5, 0.6) is 0 Å². The van der Waals surface area contributed by atoms with E-state index in [9.17, 15) is 0 Å². The molecule has 0 bridgehead atoms. The van der Waals surface area contributed by atoms with Crippen LogP contribution in [0.1, 0.15) is 6.92 Å². The number of rotatable bonds is 2. The fourth-order valence-corrected chi connectivity index (χ4v) is 0.980. The minimum absolute atomic E-state index is 0.378. The van der Waals surface area contributed by atoms with Crippen LogP contribution in [0.3, 0.4) is 0 Å². The second-order valence-electron chi connectivity index (χ2n) is 2.16. The Bertz CT molecular complexity index is 68.7. The Hall–Kier alpha value is -0.120. The molecule has 1 rings (SSSR count). The maximum absolute atomic E-state index is 5.36. The van der Waals surface area contributed by atoms with Crippen LogP contribution in [-0.2, 0) is 4.74 Å². The van der Waals surface area contributed by atoms with E-state index >= 15 is 0 Å². The molecule has 0 atom stereocenters. The maximum atomic E-state index is 5.36. The standard InChI is InChI=1S/C6H14N2O/c1-2-9-6-3-7-5-8-4-6/h6-8H,2-5H2,1H3. The van der Waals surface area contributed by atoms with E-state index in [0.717, 1.165) is 26.4 Å². The number of ether oxygens (including phenoxy) is 1. The molecule has 1 saturated heterocycles. The molecule has 9 heavy (non-hydrogen) atoms. The molecule has 2 N–H and O–H groups in total. The van der Waals surface area contributed by atoms with Crippen LogP contribution in [0, 0.1) is 0 Å². The quantitative estimate of drug-likeness (QED) is 0.531. The van der Waals surface area contributed by atoms with Gasteiger partial charge in [0.05, 0.1) is 6.10 Å². The molecular formula is C6H14N2O. The second kappa shape index (κ2) is 3.82. The highest BCUT2D eigenvalue weighted by atomic mass is 16.5. The Morgan fingerprint density at radius 2 is 2.11 bits per heavy atom. The van der Waals surface area contributed by atoms with E-state index in [0.29, 0.717) is 6.10 Å². The topological polar surface area (TPSA) is 33.3 Å². The molecule has 0 saturated carbocycles. The van der Waals surface area contributed by atoms with Gasteiger partial charge in [0.15, 0.2) is 0 Å². The van der Waals surface area contributed by atoms with Crippen LogP contribution in [0.2, 0.25) is 0 Å². The Morgan fingerprint density at radius 1 is 1.44 bits per heavy atom. The minimum atomic E-state index is 0.378. The van der Waals surface area contributed by atoms with Crippen molar-refractivity contribution in [1.82, 2.24) is 10.6 Å². The van der Waals surface area contributed by atoms with Gasteiger partial charge in [-0.05, 0) is 6.92 Å². The van der Waals surface area contributed by atoms with Gasteiger partial charge in [-0.1, -0.05) is 0 Å². The molecule has 1 fully saturated rings. The lowest BCUT2D eigenvalue weighted by Crippen LogP contribution is -2.48. The number of hydrogen-bond donors (Lipinski definition) is 2. The van der Waals surface area contributed by atoms with Gasteiger partial charge in [0, 0.05) is 26.4 Å². The summed E-state index contributed by atoms with van der Waals surface area (Å²) in [7, 11) is 0. The lowest BCUT2D eigenvalue weighted by Gasteiger charge is -2.23. The summed E-state index contributed by atoms with van der Waals surface area (Å²) in [6.45, 7) is 5.73. The molecule has 1 aliphatic rings. The Morgan fingerprint density at radius 3 is 2.67 bits per heavy atom. The van der Waals surface area contributed by atoms with E-state index < -0.39 is 0 Å². The zero-order valence-electron chi connectivity index (χ0n) is 5.81. The van der Waals surface area contributed by atoms with Crippen molar-refractivity contribution in [3.63, 3.8) is 0 Å². The van der Waals surface area contributed by atoms with Gasteiger partial charge in [-0.3, -0.25) is 0 Å². The highest BCUT2D eigenvalue weighted by Crippen LogP contribution is 1.90. The van der Waals surface area contributed by atoms with Gasteiger partial charge >= 0.3 is 0 Å². The molecule has 0 aromatic carbocycles. The lowest BCUT2D eigenvalue weighted by atomic mass is 10.3. The van der Waals surface area contributed by atoms with Crippen LogP contribution < -0.4 is 10.6 Å². The Balaban J connectivity index is 2.08. The molecule has 0 aliphatic carbocycles. The summed E-state index contributed by atoms with van der Waals surface area (Å²) < 4.78 is 5.36. The summed E-state index contributed by atoms with van der Waals surface area (Å²) >= 11 is 0. The fourth-order valence-electron chi connectivity index (χ4n) is 0.980. The smallest absolute Gasteiger partial charge is 0.0824 e. The second-order valence-corrected chi connectivity index (χ2v) is 2.16. The molecule has 0 radical (unpaired) electrons. The highest BCUT2D eigenvalue weighted by Gasteiger charge is 2.10. The summed E-state index contributed by atoms with van der Waals surface area (Å²) in [6, 6.07) is 0. The average molecular weight is 130 g/mol. The first-order chi connectivity index (χ1) is 4.43. The zero-order chi connectivity index (χ0) is 6.53. The number of hydrogen-bond acceptors (Lipinski definition) is 3. The van der Waals surface area contributed by atoms with Crippen molar-refractivity contribution < 1.29 is 4.74 Å². The van der Waals surface area contributed by atoms with Gasteiger partial charge < -0.3 is 15.4 Å². The summed E-state index contributed by atoms with van der Waals surface area (Å²) in [5.41, 5.74) is 0. The maximum Gasteiger partial charge on any atom is 0.0824 e. The molecular weight excluding hydrogens is 116 g/mol. The molecule has 1 heterocycles. The van der Waals surface area contributed by atoms with Gasteiger partial charge in [0.25, 0.3) is 0 Å². The lowest BCUT2D eigenvalue weighted by molar-refractivity contribution is 0.0513. The van der Waals surface area contributed by atoms with E-state index in [1.54, 1.807) is 0 Å². The fraction of sp³-hybridized carbons (Fsp3) is 1.00. The van der Waals surface area contributed by atoms with Crippen molar-refractivity contribution in [3.8, 4) is 0 Å². The normalized spacial score (nSPS) is 22.3. The first-order valence-electron chi connectivity index (χ1n) is 3.46.